The summed E-state index contributed by atoms with van der Waals surface area (Å²) in [4.78, 5) is 11.6. The van der Waals surface area contributed by atoms with Crippen molar-refractivity contribution in [3.63, 3.8) is 0 Å². The van der Waals surface area contributed by atoms with Gasteiger partial charge in [0.25, 0.3) is 0 Å². The van der Waals surface area contributed by atoms with Crippen LogP contribution in [0.4, 0.5) is 0 Å². The molecular formula is C13H14O2. The summed E-state index contributed by atoms with van der Waals surface area (Å²) < 4.78 is 4.97. The van der Waals surface area contributed by atoms with Crippen molar-refractivity contribution in [3.05, 3.63) is 54.6 Å². The molecule has 0 aliphatic rings. The number of hydrogen-bond donors (Lipinski definition) is 0. The lowest BCUT2D eigenvalue weighted by Crippen LogP contribution is -2.06. The van der Waals surface area contributed by atoms with Gasteiger partial charge in [-0.05, 0) is 12.5 Å². The number of benzene rings is 1. The van der Waals surface area contributed by atoms with Crippen LogP contribution in [0, 0.1) is 0 Å². The highest BCUT2D eigenvalue weighted by Crippen LogP contribution is 2.15. The Balaban J connectivity index is 2.82. The fraction of sp³-hybridized carbons (Fsp3) is 0.154. The third kappa shape index (κ3) is 3.09. The predicted molar refractivity (Wildman–Crippen MR) is 61.2 cm³/mol. The Morgan fingerprint density at radius 2 is 2.07 bits per heavy atom. The normalized spacial score (nSPS) is 10.9. The molecule has 0 amide bonds. The van der Waals surface area contributed by atoms with Crippen molar-refractivity contribution in [3.8, 4) is 0 Å². The Kier molecular flexibility index (Phi) is 4.35. The molecule has 0 spiro atoms. The van der Waals surface area contributed by atoms with E-state index >= 15 is 0 Å². The molecule has 0 fully saturated rings. The number of ether oxygens (including phenoxy) is 1. The molecule has 0 aromatic heterocycles. The number of carbonyl (C=O) groups is 1. The SMILES string of the molecule is C=CCOC(=O)C(=CC)c1ccccc1. The Bertz CT molecular complexity index is 363. The largest absolute Gasteiger partial charge is 0.458 e. The number of carbonyl (C=O) groups excluding carboxylic acids is 1. The van der Waals surface area contributed by atoms with Gasteiger partial charge in [-0.3, -0.25) is 0 Å². The van der Waals surface area contributed by atoms with E-state index in [9.17, 15) is 4.79 Å². The molecular weight excluding hydrogens is 188 g/mol. The van der Waals surface area contributed by atoms with Crippen LogP contribution in [0.25, 0.3) is 5.57 Å². The number of rotatable bonds is 4. The van der Waals surface area contributed by atoms with Crippen LogP contribution in [0.5, 0.6) is 0 Å². The quantitative estimate of drug-likeness (QED) is 0.426. The molecule has 0 aliphatic carbocycles. The second-order valence-corrected chi connectivity index (χ2v) is 2.96. The van der Waals surface area contributed by atoms with Gasteiger partial charge in [-0.25, -0.2) is 4.79 Å². The van der Waals surface area contributed by atoms with Crippen LogP contribution in [-0.2, 0) is 9.53 Å². The fourth-order valence-corrected chi connectivity index (χ4v) is 1.23. The van der Waals surface area contributed by atoms with Crippen molar-refractivity contribution >= 4 is 11.5 Å². The third-order valence-electron chi connectivity index (χ3n) is 1.93. The lowest BCUT2D eigenvalue weighted by Gasteiger charge is -2.06. The van der Waals surface area contributed by atoms with Gasteiger partial charge in [0.05, 0.1) is 5.57 Å². The lowest BCUT2D eigenvalue weighted by atomic mass is 10.1. The molecule has 0 N–H and O–H groups in total. The van der Waals surface area contributed by atoms with E-state index in [4.69, 9.17) is 4.74 Å². The van der Waals surface area contributed by atoms with Gasteiger partial charge in [-0.15, -0.1) is 0 Å². The van der Waals surface area contributed by atoms with E-state index in [0.717, 1.165) is 5.56 Å². The van der Waals surface area contributed by atoms with Crippen LogP contribution < -0.4 is 0 Å². The van der Waals surface area contributed by atoms with Gasteiger partial charge in [0.15, 0.2) is 0 Å². The molecule has 0 aliphatic heterocycles. The maximum absolute atomic E-state index is 11.6. The summed E-state index contributed by atoms with van der Waals surface area (Å²) >= 11 is 0. The first-order chi connectivity index (χ1) is 7.29. The maximum Gasteiger partial charge on any atom is 0.338 e. The van der Waals surface area contributed by atoms with Crippen molar-refractivity contribution in [2.24, 2.45) is 0 Å². The summed E-state index contributed by atoms with van der Waals surface area (Å²) in [6.45, 7) is 5.55. The molecule has 0 saturated heterocycles. The van der Waals surface area contributed by atoms with E-state index in [0.29, 0.717) is 5.57 Å². The predicted octanol–water partition coefficient (Wildman–Crippen LogP) is 2.82. The minimum atomic E-state index is -0.316. The van der Waals surface area contributed by atoms with E-state index in [1.807, 2.05) is 37.3 Å². The summed E-state index contributed by atoms with van der Waals surface area (Å²) in [5.74, 6) is -0.316. The van der Waals surface area contributed by atoms with E-state index in [1.165, 1.54) is 0 Å². The molecule has 0 atom stereocenters. The molecule has 2 nitrogen and oxygen atoms in total. The molecule has 0 saturated carbocycles. The van der Waals surface area contributed by atoms with Gasteiger partial charge >= 0.3 is 5.97 Å². The second kappa shape index (κ2) is 5.81. The molecule has 1 aromatic carbocycles. The summed E-state index contributed by atoms with van der Waals surface area (Å²) in [7, 11) is 0. The van der Waals surface area contributed by atoms with Crippen LogP contribution in [0.2, 0.25) is 0 Å². The molecule has 78 valence electrons. The van der Waals surface area contributed by atoms with Crippen LogP contribution in [0.15, 0.2) is 49.1 Å². The van der Waals surface area contributed by atoms with E-state index in [1.54, 1.807) is 12.2 Å². The van der Waals surface area contributed by atoms with Crippen molar-refractivity contribution in [1.82, 2.24) is 0 Å². The van der Waals surface area contributed by atoms with Crippen molar-refractivity contribution < 1.29 is 9.53 Å². The Morgan fingerprint density at radius 1 is 1.40 bits per heavy atom. The average molecular weight is 202 g/mol. The van der Waals surface area contributed by atoms with E-state index < -0.39 is 0 Å². The zero-order valence-electron chi connectivity index (χ0n) is 8.77. The summed E-state index contributed by atoms with van der Waals surface area (Å²) in [5.41, 5.74) is 1.45. The zero-order chi connectivity index (χ0) is 11.1. The van der Waals surface area contributed by atoms with Crippen LogP contribution in [-0.4, -0.2) is 12.6 Å². The number of allylic oxidation sites excluding steroid dienone is 1. The Morgan fingerprint density at radius 3 is 2.60 bits per heavy atom. The summed E-state index contributed by atoms with van der Waals surface area (Å²) in [6, 6.07) is 9.44. The highest BCUT2D eigenvalue weighted by molar-refractivity contribution is 6.16. The molecule has 0 heterocycles. The standard InChI is InChI=1S/C13H14O2/c1-3-10-15-13(14)12(4-2)11-8-6-5-7-9-11/h3-9H,1,10H2,2H3. The third-order valence-corrected chi connectivity index (χ3v) is 1.93. The van der Waals surface area contributed by atoms with Crippen molar-refractivity contribution in [2.45, 2.75) is 6.92 Å². The zero-order valence-corrected chi connectivity index (χ0v) is 8.77. The minimum absolute atomic E-state index is 0.239. The monoisotopic (exact) mass is 202 g/mol. The van der Waals surface area contributed by atoms with E-state index in [-0.39, 0.29) is 12.6 Å². The van der Waals surface area contributed by atoms with Crippen LogP contribution >= 0.6 is 0 Å². The smallest absolute Gasteiger partial charge is 0.338 e. The second-order valence-electron chi connectivity index (χ2n) is 2.96. The number of esters is 1. The molecule has 0 bridgehead atoms. The van der Waals surface area contributed by atoms with Gasteiger partial charge in [0.1, 0.15) is 6.61 Å². The summed E-state index contributed by atoms with van der Waals surface area (Å²) in [5, 5.41) is 0. The van der Waals surface area contributed by atoms with Crippen molar-refractivity contribution in [2.75, 3.05) is 6.61 Å². The van der Waals surface area contributed by atoms with Crippen LogP contribution in [0.3, 0.4) is 0 Å². The molecule has 0 radical (unpaired) electrons. The average Bonchev–Trinajstić information content (AvgIpc) is 2.29. The minimum Gasteiger partial charge on any atom is -0.458 e. The Hall–Kier alpha value is -1.83. The Labute approximate surface area is 89.9 Å². The highest BCUT2D eigenvalue weighted by atomic mass is 16.5. The van der Waals surface area contributed by atoms with Crippen LogP contribution in [0.1, 0.15) is 12.5 Å². The molecule has 15 heavy (non-hydrogen) atoms. The first-order valence-electron chi connectivity index (χ1n) is 4.79. The topological polar surface area (TPSA) is 26.3 Å². The molecule has 2 heteroatoms. The first-order valence-corrected chi connectivity index (χ1v) is 4.79. The first kappa shape index (κ1) is 11.2. The van der Waals surface area contributed by atoms with Gasteiger partial charge < -0.3 is 4.74 Å². The highest BCUT2D eigenvalue weighted by Gasteiger charge is 2.10. The number of hydrogen-bond acceptors (Lipinski definition) is 2. The molecule has 1 rings (SSSR count). The van der Waals surface area contributed by atoms with Gasteiger partial charge in [0, 0.05) is 0 Å². The van der Waals surface area contributed by atoms with Crippen molar-refractivity contribution in [1.29, 1.82) is 0 Å². The van der Waals surface area contributed by atoms with E-state index in [2.05, 4.69) is 6.58 Å². The lowest BCUT2D eigenvalue weighted by molar-refractivity contribution is -0.135. The molecule has 1 aromatic rings. The molecule has 0 unspecified atom stereocenters. The van der Waals surface area contributed by atoms with Gasteiger partial charge in [-0.1, -0.05) is 49.1 Å². The van der Waals surface area contributed by atoms with Gasteiger partial charge in [0.2, 0.25) is 0 Å². The van der Waals surface area contributed by atoms with Gasteiger partial charge in [-0.2, -0.15) is 0 Å². The maximum atomic E-state index is 11.6. The fourth-order valence-electron chi connectivity index (χ4n) is 1.23. The summed E-state index contributed by atoms with van der Waals surface area (Å²) in [6.07, 6.45) is 3.30.